The van der Waals surface area contributed by atoms with Crippen molar-refractivity contribution in [2.75, 3.05) is 5.88 Å². The number of hydrogen-bond donors (Lipinski definition) is 0. The first-order chi connectivity index (χ1) is 9.81. The Balaban J connectivity index is 2.11. The zero-order valence-electron chi connectivity index (χ0n) is 12.2. The number of halogens is 1. The molecule has 1 fully saturated rings. The molecule has 1 heterocycles. The Labute approximate surface area is 126 Å². The van der Waals surface area contributed by atoms with Crippen LogP contribution in [-0.2, 0) is 6.42 Å². The average molecular weight is 291 g/mol. The molecule has 20 heavy (non-hydrogen) atoms. The summed E-state index contributed by atoms with van der Waals surface area (Å²) in [6, 6.07) is 7.04. The third kappa shape index (κ3) is 2.58. The maximum atomic E-state index is 5.99. The quantitative estimate of drug-likeness (QED) is 0.573. The number of fused-ring (bicyclic) bond motifs is 1. The molecule has 0 bridgehead atoms. The topological polar surface area (TPSA) is 17.8 Å². The molecule has 1 aromatic heterocycles. The van der Waals surface area contributed by atoms with E-state index < -0.39 is 0 Å². The van der Waals surface area contributed by atoms with E-state index in [-0.39, 0.29) is 0 Å². The van der Waals surface area contributed by atoms with Crippen LogP contribution in [0.4, 0.5) is 0 Å². The van der Waals surface area contributed by atoms with E-state index in [1.54, 1.807) is 0 Å². The fourth-order valence-electron chi connectivity index (χ4n) is 3.54. The van der Waals surface area contributed by atoms with Crippen LogP contribution >= 0.6 is 11.6 Å². The van der Waals surface area contributed by atoms with Crippen molar-refractivity contribution in [3.63, 3.8) is 0 Å². The Bertz CT molecular complexity index is 580. The lowest BCUT2D eigenvalue weighted by Gasteiger charge is -2.20. The number of hydrogen-bond acceptors (Lipinski definition) is 1. The maximum Gasteiger partial charge on any atom is 0.111 e. The van der Waals surface area contributed by atoms with Crippen LogP contribution in [0, 0.1) is 6.92 Å². The van der Waals surface area contributed by atoms with E-state index in [9.17, 15) is 0 Å². The Hall–Kier alpha value is -1.02. The zero-order valence-corrected chi connectivity index (χ0v) is 13.0. The van der Waals surface area contributed by atoms with Gasteiger partial charge < -0.3 is 4.57 Å². The third-order valence-electron chi connectivity index (χ3n) is 4.49. The number of benzene rings is 1. The van der Waals surface area contributed by atoms with E-state index >= 15 is 0 Å². The van der Waals surface area contributed by atoms with Gasteiger partial charge in [0.05, 0.1) is 11.0 Å². The largest absolute Gasteiger partial charge is 0.325 e. The highest BCUT2D eigenvalue weighted by Crippen LogP contribution is 2.33. The van der Waals surface area contributed by atoms with Crippen LogP contribution in [-0.4, -0.2) is 15.4 Å². The van der Waals surface area contributed by atoms with Crippen molar-refractivity contribution in [1.29, 1.82) is 0 Å². The summed E-state index contributed by atoms with van der Waals surface area (Å²) < 4.78 is 2.51. The Morgan fingerprint density at radius 3 is 2.65 bits per heavy atom. The molecule has 0 N–H and O–H groups in total. The molecule has 0 saturated heterocycles. The summed E-state index contributed by atoms with van der Waals surface area (Å²) in [6.45, 7) is 2.20. The Morgan fingerprint density at radius 2 is 1.95 bits per heavy atom. The van der Waals surface area contributed by atoms with Gasteiger partial charge >= 0.3 is 0 Å². The van der Waals surface area contributed by atoms with E-state index in [0.717, 1.165) is 11.9 Å². The molecule has 0 spiro atoms. The van der Waals surface area contributed by atoms with Crippen LogP contribution in [0.15, 0.2) is 18.2 Å². The van der Waals surface area contributed by atoms with Crippen molar-refractivity contribution in [3.05, 3.63) is 29.6 Å². The van der Waals surface area contributed by atoms with Crippen molar-refractivity contribution >= 4 is 22.6 Å². The summed E-state index contributed by atoms with van der Waals surface area (Å²) >= 11 is 5.99. The minimum absolute atomic E-state index is 0.613. The van der Waals surface area contributed by atoms with Crippen LogP contribution in [0.3, 0.4) is 0 Å². The third-order valence-corrected chi connectivity index (χ3v) is 4.68. The summed E-state index contributed by atoms with van der Waals surface area (Å²) in [5.41, 5.74) is 3.80. The lowest BCUT2D eigenvalue weighted by Crippen LogP contribution is -2.13. The van der Waals surface area contributed by atoms with Crippen LogP contribution < -0.4 is 0 Å². The summed E-state index contributed by atoms with van der Waals surface area (Å²) in [4.78, 5) is 4.85. The van der Waals surface area contributed by atoms with Gasteiger partial charge in [0.1, 0.15) is 5.82 Å². The van der Waals surface area contributed by atoms with Crippen molar-refractivity contribution in [1.82, 2.24) is 9.55 Å². The smallest absolute Gasteiger partial charge is 0.111 e. The lowest BCUT2D eigenvalue weighted by atomic mass is 10.1. The molecule has 1 aliphatic carbocycles. The first kappa shape index (κ1) is 13.9. The van der Waals surface area contributed by atoms with Crippen LogP contribution in [0.1, 0.15) is 56.0 Å². The zero-order chi connectivity index (χ0) is 13.9. The highest BCUT2D eigenvalue weighted by molar-refractivity contribution is 6.17. The van der Waals surface area contributed by atoms with E-state index in [2.05, 4.69) is 29.7 Å². The van der Waals surface area contributed by atoms with E-state index in [1.807, 2.05) is 0 Å². The first-order valence-electron chi connectivity index (χ1n) is 7.83. The Morgan fingerprint density at radius 1 is 1.20 bits per heavy atom. The van der Waals surface area contributed by atoms with E-state index in [4.69, 9.17) is 16.6 Å². The van der Waals surface area contributed by atoms with Gasteiger partial charge in [-0.3, -0.25) is 0 Å². The average Bonchev–Trinajstić information content (AvgIpc) is 2.63. The van der Waals surface area contributed by atoms with Crippen molar-refractivity contribution in [2.45, 2.75) is 57.9 Å². The van der Waals surface area contributed by atoms with Gasteiger partial charge in [0.15, 0.2) is 0 Å². The minimum atomic E-state index is 0.613. The van der Waals surface area contributed by atoms with Crippen molar-refractivity contribution in [2.24, 2.45) is 0 Å². The number of aromatic nitrogens is 2. The molecule has 3 rings (SSSR count). The van der Waals surface area contributed by atoms with Gasteiger partial charge in [-0.05, 0) is 31.4 Å². The molecule has 0 unspecified atom stereocenters. The molecule has 0 atom stereocenters. The minimum Gasteiger partial charge on any atom is -0.325 e. The van der Waals surface area contributed by atoms with Gasteiger partial charge in [-0.15, -0.1) is 11.6 Å². The van der Waals surface area contributed by atoms with Crippen LogP contribution in [0.2, 0.25) is 0 Å². The van der Waals surface area contributed by atoms with Gasteiger partial charge in [0.25, 0.3) is 0 Å². The molecular formula is C17H23ClN2. The molecule has 1 saturated carbocycles. The molecule has 0 radical (unpaired) electrons. The summed E-state index contributed by atoms with van der Waals surface area (Å²) in [5, 5.41) is 0. The molecule has 2 nitrogen and oxygen atoms in total. The van der Waals surface area contributed by atoms with Gasteiger partial charge in [0.2, 0.25) is 0 Å². The SMILES string of the molecule is Cc1cccc2nc(CCCl)n(C3CCCCCC3)c12. The van der Waals surface area contributed by atoms with Crippen LogP contribution in [0.25, 0.3) is 11.0 Å². The second-order valence-electron chi connectivity index (χ2n) is 5.93. The summed E-state index contributed by atoms with van der Waals surface area (Å²) in [6.07, 6.45) is 8.89. The van der Waals surface area contributed by atoms with E-state index in [0.29, 0.717) is 11.9 Å². The fraction of sp³-hybridized carbons (Fsp3) is 0.588. The van der Waals surface area contributed by atoms with Crippen molar-refractivity contribution < 1.29 is 0 Å². The van der Waals surface area contributed by atoms with Crippen molar-refractivity contribution in [3.8, 4) is 0 Å². The molecule has 3 heteroatoms. The normalized spacial score (nSPS) is 17.5. The molecule has 0 aliphatic heterocycles. The number of rotatable bonds is 3. The monoisotopic (exact) mass is 290 g/mol. The van der Waals surface area contributed by atoms with Gasteiger partial charge in [-0.2, -0.15) is 0 Å². The number of imidazole rings is 1. The molecule has 2 aromatic rings. The second kappa shape index (κ2) is 6.17. The molecular weight excluding hydrogens is 268 g/mol. The summed E-state index contributed by atoms with van der Waals surface area (Å²) in [5.74, 6) is 1.82. The molecule has 108 valence electrons. The number of para-hydroxylation sites is 1. The molecule has 1 aromatic carbocycles. The highest BCUT2D eigenvalue weighted by atomic mass is 35.5. The van der Waals surface area contributed by atoms with Gasteiger partial charge in [-0.1, -0.05) is 37.8 Å². The van der Waals surface area contributed by atoms with E-state index in [1.165, 1.54) is 55.4 Å². The van der Waals surface area contributed by atoms with Crippen LogP contribution in [0.5, 0.6) is 0 Å². The standard InChI is InChI=1S/C17H23ClN2/c1-13-7-6-10-15-17(13)20(16(19-15)11-12-18)14-8-4-2-3-5-9-14/h6-7,10,14H,2-5,8-9,11-12H2,1H3. The highest BCUT2D eigenvalue weighted by Gasteiger charge is 2.21. The lowest BCUT2D eigenvalue weighted by molar-refractivity contribution is 0.441. The fourth-order valence-corrected chi connectivity index (χ4v) is 3.71. The maximum absolute atomic E-state index is 5.99. The summed E-state index contributed by atoms with van der Waals surface area (Å²) in [7, 11) is 0. The number of alkyl halides is 1. The predicted octanol–water partition coefficient (Wildman–Crippen LogP) is 5.02. The number of aryl methyl sites for hydroxylation is 2. The second-order valence-corrected chi connectivity index (χ2v) is 6.30. The van der Waals surface area contributed by atoms with Gasteiger partial charge in [0, 0.05) is 18.3 Å². The van der Waals surface area contributed by atoms with Gasteiger partial charge in [-0.25, -0.2) is 4.98 Å². The predicted molar refractivity (Wildman–Crippen MR) is 85.6 cm³/mol. The first-order valence-corrected chi connectivity index (χ1v) is 8.37. The number of nitrogens with zero attached hydrogens (tertiary/aromatic N) is 2. The molecule has 1 aliphatic rings. The molecule has 0 amide bonds. The Kier molecular flexibility index (Phi) is 4.30.